The summed E-state index contributed by atoms with van der Waals surface area (Å²) in [6, 6.07) is 8.04. The molecule has 9 heteroatoms. The average molecular weight is 436 g/mol. The van der Waals surface area contributed by atoms with Crippen molar-refractivity contribution >= 4 is 16.0 Å². The van der Waals surface area contributed by atoms with Gasteiger partial charge in [0.15, 0.2) is 4.75 Å². The number of carbonyl (C=O) groups is 1. The van der Waals surface area contributed by atoms with Gasteiger partial charge in [0.1, 0.15) is 0 Å². The minimum absolute atomic E-state index is 0.262. The summed E-state index contributed by atoms with van der Waals surface area (Å²) in [6.45, 7) is 5.58. The van der Waals surface area contributed by atoms with E-state index >= 15 is 0 Å². The second-order valence-electron chi connectivity index (χ2n) is 8.03. The van der Waals surface area contributed by atoms with Gasteiger partial charge in [0.05, 0.1) is 19.9 Å². The van der Waals surface area contributed by atoms with Crippen LogP contribution in [0.2, 0.25) is 0 Å². The van der Waals surface area contributed by atoms with E-state index in [0.717, 1.165) is 11.3 Å². The minimum Gasteiger partial charge on any atom is -0.480 e. The molecule has 0 N–H and O–H groups in total. The Morgan fingerprint density at radius 1 is 1.17 bits per heavy atom. The smallest absolute Gasteiger partial charge is 0.328 e. The molecule has 1 fully saturated rings. The fourth-order valence-electron chi connectivity index (χ4n) is 3.84. The van der Waals surface area contributed by atoms with Gasteiger partial charge in [0, 0.05) is 25.4 Å². The molecule has 1 saturated heterocycles. The van der Waals surface area contributed by atoms with Crippen molar-refractivity contribution in [2.75, 3.05) is 27.3 Å². The number of methoxy groups -OCH3 is 2. The zero-order chi connectivity index (χ0) is 22.1. The SMILES string of the molecule is COC(=O)C(C)(C)S(=O)(=O)N1CCC(c2ccc(-n3ccc(OC)n3)c(C)c2)CC1. The van der Waals surface area contributed by atoms with Gasteiger partial charge in [0.2, 0.25) is 15.9 Å². The highest BCUT2D eigenvalue weighted by Gasteiger charge is 2.47. The summed E-state index contributed by atoms with van der Waals surface area (Å²) >= 11 is 0. The van der Waals surface area contributed by atoms with Crippen LogP contribution in [0.3, 0.4) is 0 Å². The van der Waals surface area contributed by atoms with Crippen LogP contribution in [0.1, 0.15) is 43.7 Å². The Morgan fingerprint density at radius 3 is 2.37 bits per heavy atom. The lowest BCUT2D eigenvalue weighted by Crippen LogP contribution is -2.52. The second-order valence-corrected chi connectivity index (χ2v) is 10.5. The van der Waals surface area contributed by atoms with E-state index in [-0.39, 0.29) is 5.92 Å². The lowest BCUT2D eigenvalue weighted by Gasteiger charge is -2.35. The summed E-state index contributed by atoms with van der Waals surface area (Å²) < 4.78 is 37.3. The highest BCUT2D eigenvalue weighted by Crippen LogP contribution is 2.33. The van der Waals surface area contributed by atoms with E-state index in [1.165, 1.54) is 30.8 Å². The molecule has 0 spiro atoms. The van der Waals surface area contributed by atoms with Gasteiger partial charge in [-0.25, -0.2) is 17.4 Å². The maximum absolute atomic E-state index is 12.9. The Hall–Kier alpha value is -2.39. The van der Waals surface area contributed by atoms with Crippen molar-refractivity contribution in [3.63, 3.8) is 0 Å². The molecule has 1 aromatic heterocycles. The summed E-state index contributed by atoms with van der Waals surface area (Å²) in [4.78, 5) is 12.0. The molecule has 30 heavy (non-hydrogen) atoms. The lowest BCUT2D eigenvalue weighted by atomic mass is 9.89. The van der Waals surface area contributed by atoms with Crippen molar-refractivity contribution < 1.29 is 22.7 Å². The molecule has 0 amide bonds. The summed E-state index contributed by atoms with van der Waals surface area (Å²) in [6.07, 6.45) is 3.25. The largest absolute Gasteiger partial charge is 0.480 e. The third-order valence-corrected chi connectivity index (χ3v) is 8.33. The minimum atomic E-state index is -3.79. The van der Waals surface area contributed by atoms with Crippen LogP contribution in [0.4, 0.5) is 0 Å². The Morgan fingerprint density at radius 2 is 1.83 bits per heavy atom. The van der Waals surface area contributed by atoms with Gasteiger partial charge < -0.3 is 9.47 Å². The molecule has 2 heterocycles. The Balaban J connectivity index is 1.72. The number of hydrogen-bond acceptors (Lipinski definition) is 6. The number of piperidine rings is 1. The highest BCUT2D eigenvalue weighted by molar-refractivity contribution is 7.91. The van der Waals surface area contributed by atoms with Crippen molar-refractivity contribution in [3.05, 3.63) is 41.6 Å². The number of sulfonamides is 1. The van der Waals surface area contributed by atoms with Crippen LogP contribution in [0.15, 0.2) is 30.5 Å². The summed E-state index contributed by atoms with van der Waals surface area (Å²) in [5, 5.41) is 4.37. The lowest BCUT2D eigenvalue weighted by molar-refractivity contribution is -0.142. The molecule has 0 atom stereocenters. The second kappa shape index (κ2) is 8.39. The number of nitrogens with zero attached hydrogens (tertiary/aromatic N) is 3. The van der Waals surface area contributed by atoms with Crippen LogP contribution in [0.5, 0.6) is 5.88 Å². The van der Waals surface area contributed by atoms with Gasteiger partial charge in [0.25, 0.3) is 0 Å². The Kier molecular flexibility index (Phi) is 6.24. The van der Waals surface area contributed by atoms with E-state index in [1.54, 1.807) is 17.9 Å². The van der Waals surface area contributed by atoms with Crippen LogP contribution in [-0.2, 0) is 19.6 Å². The zero-order valence-electron chi connectivity index (χ0n) is 18.1. The number of aromatic nitrogens is 2. The summed E-state index contributed by atoms with van der Waals surface area (Å²) in [5.41, 5.74) is 3.24. The predicted molar refractivity (Wildman–Crippen MR) is 113 cm³/mol. The number of carbonyl (C=O) groups excluding carboxylic acids is 1. The first-order valence-corrected chi connectivity index (χ1v) is 11.3. The fourth-order valence-corrected chi connectivity index (χ4v) is 5.47. The maximum atomic E-state index is 12.9. The molecule has 164 valence electrons. The van der Waals surface area contributed by atoms with E-state index in [2.05, 4.69) is 17.2 Å². The molecule has 0 bridgehead atoms. The van der Waals surface area contributed by atoms with Gasteiger partial charge in [-0.1, -0.05) is 12.1 Å². The van der Waals surface area contributed by atoms with Gasteiger partial charge in [-0.2, -0.15) is 0 Å². The van der Waals surface area contributed by atoms with Crippen molar-refractivity contribution in [1.29, 1.82) is 0 Å². The molecule has 3 rings (SSSR count). The molecular formula is C21H29N3O5S. The van der Waals surface area contributed by atoms with Crippen molar-refractivity contribution in [1.82, 2.24) is 14.1 Å². The number of esters is 1. The van der Waals surface area contributed by atoms with Crippen LogP contribution in [0, 0.1) is 6.92 Å². The Bertz CT molecular complexity index is 1020. The number of aryl methyl sites for hydroxylation is 1. The number of ether oxygens (including phenoxy) is 2. The first-order chi connectivity index (χ1) is 14.1. The van der Waals surface area contributed by atoms with Crippen LogP contribution in [0.25, 0.3) is 5.69 Å². The molecule has 0 unspecified atom stereocenters. The van der Waals surface area contributed by atoms with E-state index < -0.39 is 20.7 Å². The van der Waals surface area contributed by atoms with Gasteiger partial charge in [-0.15, -0.1) is 5.10 Å². The fraction of sp³-hybridized carbons (Fsp3) is 0.524. The third kappa shape index (κ3) is 3.96. The van der Waals surface area contributed by atoms with E-state index in [0.29, 0.717) is 31.8 Å². The molecule has 0 saturated carbocycles. The van der Waals surface area contributed by atoms with E-state index in [4.69, 9.17) is 9.47 Å². The average Bonchev–Trinajstić information content (AvgIpc) is 3.21. The molecule has 0 aliphatic carbocycles. The molecular weight excluding hydrogens is 406 g/mol. The van der Waals surface area contributed by atoms with Gasteiger partial charge >= 0.3 is 5.97 Å². The first-order valence-electron chi connectivity index (χ1n) is 9.90. The van der Waals surface area contributed by atoms with Crippen molar-refractivity contribution in [2.45, 2.75) is 44.3 Å². The van der Waals surface area contributed by atoms with Crippen LogP contribution >= 0.6 is 0 Å². The number of hydrogen-bond donors (Lipinski definition) is 0. The van der Waals surface area contributed by atoms with Gasteiger partial charge in [-0.3, -0.25) is 4.79 Å². The number of benzene rings is 1. The van der Waals surface area contributed by atoms with E-state index in [9.17, 15) is 13.2 Å². The van der Waals surface area contributed by atoms with E-state index in [1.807, 2.05) is 19.2 Å². The molecule has 1 aromatic carbocycles. The molecule has 0 radical (unpaired) electrons. The van der Waals surface area contributed by atoms with Crippen LogP contribution in [-0.4, -0.2) is 60.5 Å². The zero-order valence-corrected chi connectivity index (χ0v) is 18.9. The van der Waals surface area contributed by atoms with Crippen LogP contribution < -0.4 is 4.74 Å². The predicted octanol–water partition coefficient (Wildman–Crippen LogP) is 2.65. The summed E-state index contributed by atoms with van der Waals surface area (Å²) in [5.74, 6) is 0.0746. The van der Waals surface area contributed by atoms with Gasteiger partial charge in [-0.05, 0) is 56.7 Å². The quantitative estimate of drug-likeness (QED) is 0.648. The number of rotatable bonds is 6. The first kappa shape index (κ1) is 22.3. The third-order valence-electron chi connectivity index (χ3n) is 5.83. The Labute approximate surface area is 177 Å². The molecule has 2 aromatic rings. The summed E-state index contributed by atoms with van der Waals surface area (Å²) in [7, 11) is -1.00. The molecule has 1 aliphatic rings. The van der Waals surface area contributed by atoms with Crippen molar-refractivity contribution in [2.24, 2.45) is 0 Å². The van der Waals surface area contributed by atoms with Crippen molar-refractivity contribution in [3.8, 4) is 11.6 Å². The molecule has 1 aliphatic heterocycles. The maximum Gasteiger partial charge on any atom is 0.328 e. The standard InChI is InChI=1S/C21H29N3O5S/c1-15-14-17(6-7-18(15)24-13-10-19(22-24)28-4)16-8-11-23(12-9-16)30(26,27)21(2,3)20(25)29-5/h6-7,10,13-14,16H,8-9,11-12H2,1-5H3. The topological polar surface area (TPSA) is 90.7 Å². The highest BCUT2D eigenvalue weighted by atomic mass is 32.2. The normalized spacial score (nSPS) is 16.4. The molecule has 8 nitrogen and oxygen atoms in total. The monoisotopic (exact) mass is 435 g/mol.